The van der Waals surface area contributed by atoms with E-state index in [1.165, 1.54) is 0 Å². The van der Waals surface area contributed by atoms with Gasteiger partial charge in [0.25, 0.3) is 0 Å². The summed E-state index contributed by atoms with van der Waals surface area (Å²) in [6.07, 6.45) is 7.03. The van der Waals surface area contributed by atoms with Crippen LogP contribution in [-0.2, 0) is 11.3 Å². The number of ether oxygens (including phenoxy) is 1. The van der Waals surface area contributed by atoms with Crippen molar-refractivity contribution in [3.63, 3.8) is 0 Å². The number of rotatable bonds is 3. The molecule has 0 spiro atoms. The van der Waals surface area contributed by atoms with E-state index in [4.69, 9.17) is 16.3 Å². The van der Waals surface area contributed by atoms with Crippen LogP contribution < -0.4 is 0 Å². The summed E-state index contributed by atoms with van der Waals surface area (Å²) in [6, 6.07) is 3.77. The van der Waals surface area contributed by atoms with Crippen LogP contribution in [0.5, 0.6) is 0 Å². The molecule has 0 unspecified atom stereocenters. The van der Waals surface area contributed by atoms with E-state index in [1.807, 2.05) is 48.7 Å². The summed E-state index contributed by atoms with van der Waals surface area (Å²) in [5.74, 6) is 0. The molecule has 134 valence electrons. The lowest BCUT2D eigenvalue weighted by atomic mass is 10.2. The maximum absolute atomic E-state index is 12.4. The Morgan fingerprint density at radius 2 is 2.16 bits per heavy atom. The number of pyridine rings is 1. The van der Waals surface area contributed by atoms with Gasteiger partial charge in [-0.1, -0.05) is 11.6 Å². The van der Waals surface area contributed by atoms with Crippen LogP contribution in [0, 0.1) is 0 Å². The minimum absolute atomic E-state index is 0.0979. The maximum atomic E-state index is 12.4. The number of carbonyl (C=O) groups is 1. The van der Waals surface area contributed by atoms with Crippen molar-refractivity contribution in [2.45, 2.75) is 51.8 Å². The number of hydrogen-bond donors (Lipinski definition) is 0. The molecule has 1 amide bonds. The van der Waals surface area contributed by atoms with Gasteiger partial charge in [0, 0.05) is 24.5 Å². The number of halogens is 1. The monoisotopic (exact) mass is 362 g/mol. The van der Waals surface area contributed by atoms with Crippen molar-refractivity contribution in [3.05, 3.63) is 35.7 Å². The second kappa shape index (κ2) is 7.04. The fourth-order valence-electron chi connectivity index (χ4n) is 2.94. The zero-order chi connectivity index (χ0) is 18.0. The summed E-state index contributed by atoms with van der Waals surface area (Å²) >= 11 is 5.88. The number of nitrogens with zero attached hydrogens (tertiary/aromatic N) is 4. The summed E-state index contributed by atoms with van der Waals surface area (Å²) in [6.45, 7) is 7.03. The highest BCUT2D eigenvalue weighted by Gasteiger charge is 2.32. The number of carbonyl (C=O) groups excluding carboxylic acids is 1. The average molecular weight is 363 g/mol. The molecular formula is C18H23ClN4O2. The minimum atomic E-state index is -0.483. The van der Waals surface area contributed by atoms with Crippen LogP contribution in [0.1, 0.15) is 33.6 Å². The first-order valence-corrected chi connectivity index (χ1v) is 8.83. The highest BCUT2D eigenvalue weighted by atomic mass is 35.5. The lowest BCUT2D eigenvalue weighted by Gasteiger charge is -2.28. The lowest BCUT2D eigenvalue weighted by Crippen LogP contribution is -2.41. The standard InChI is InChI=1S/C18H23ClN4O2/c1-18(2,3)25-17(24)23-8-4-5-15(23)12-22-11-13(9-21-22)16-7-6-14(19)10-20-16/h6-7,9-11,15H,4-5,8,12H2,1-3H3/t15-/m0/s1. The van der Waals surface area contributed by atoms with Gasteiger partial charge in [-0.25, -0.2) is 4.79 Å². The molecule has 6 nitrogen and oxygen atoms in total. The van der Waals surface area contributed by atoms with Gasteiger partial charge in [-0.05, 0) is 45.7 Å². The Bertz CT molecular complexity index is 736. The van der Waals surface area contributed by atoms with E-state index in [2.05, 4.69) is 10.1 Å². The Balaban J connectivity index is 1.67. The van der Waals surface area contributed by atoms with Crippen molar-refractivity contribution in [1.82, 2.24) is 19.7 Å². The number of hydrogen-bond acceptors (Lipinski definition) is 4. The fraction of sp³-hybridized carbons (Fsp3) is 0.500. The Kier molecular flexibility index (Phi) is 4.99. The molecule has 2 aromatic rings. The van der Waals surface area contributed by atoms with E-state index in [0.29, 0.717) is 11.6 Å². The largest absolute Gasteiger partial charge is 0.444 e. The molecule has 1 atom stereocenters. The molecule has 0 aromatic carbocycles. The van der Waals surface area contributed by atoms with Gasteiger partial charge in [-0.3, -0.25) is 9.67 Å². The molecule has 2 aromatic heterocycles. The normalized spacial score (nSPS) is 17.8. The summed E-state index contributed by atoms with van der Waals surface area (Å²) in [5.41, 5.74) is 1.27. The molecule has 0 aliphatic carbocycles. The Morgan fingerprint density at radius 1 is 1.36 bits per heavy atom. The zero-order valence-electron chi connectivity index (χ0n) is 14.8. The smallest absolute Gasteiger partial charge is 0.410 e. The summed E-state index contributed by atoms with van der Waals surface area (Å²) in [7, 11) is 0. The number of likely N-dealkylation sites (tertiary alicyclic amines) is 1. The lowest BCUT2D eigenvalue weighted by molar-refractivity contribution is 0.0211. The van der Waals surface area contributed by atoms with Crippen molar-refractivity contribution in [1.29, 1.82) is 0 Å². The van der Waals surface area contributed by atoms with Gasteiger partial charge in [-0.15, -0.1) is 0 Å². The van der Waals surface area contributed by atoms with Gasteiger partial charge in [0.2, 0.25) is 0 Å². The zero-order valence-corrected chi connectivity index (χ0v) is 15.5. The third-order valence-electron chi connectivity index (χ3n) is 4.06. The predicted molar refractivity (Wildman–Crippen MR) is 96.4 cm³/mol. The van der Waals surface area contributed by atoms with E-state index >= 15 is 0 Å². The molecule has 25 heavy (non-hydrogen) atoms. The molecule has 1 aliphatic heterocycles. The van der Waals surface area contributed by atoms with Gasteiger partial charge in [0.05, 0.1) is 29.5 Å². The fourth-order valence-corrected chi connectivity index (χ4v) is 3.06. The maximum Gasteiger partial charge on any atom is 0.410 e. The van der Waals surface area contributed by atoms with Crippen molar-refractivity contribution < 1.29 is 9.53 Å². The first-order chi connectivity index (χ1) is 11.8. The van der Waals surface area contributed by atoms with Gasteiger partial charge < -0.3 is 9.64 Å². The first kappa shape index (κ1) is 17.7. The predicted octanol–water partition coefficient (Wildman–Crippen LogP) is 4.00. The van der Waals surface area contributed by atoms with E-state index in [-0.39, 0.29) is 12.1 Å². The summed E-state index contributed by atoms with van der Waals surface area (Å²) < 4.78 is 7.37. The highest BCUT2D eigenvalue weighted by Crippen LogP contribution is 2.23. The van der Waals surface area contributed by atoms with Crippen molar-refractivity contribution in [2.24, 2.45) is 0 Å². The van der Waals surface area contributed by atoms with E-state index in [0.717, 1.165) is 30.6 Å². The minimum Gasteiger partial charge on any atom is -0.444 e. The van der Waals surface area contributed by atoms with Crippen molar-refractivity contribution in [3.8, 4) is 11.3 Å². The second-order valence-electron chi connectivity index (χ2n) is 7.28. The third-order valence-corrected chi connectivity index (χ3v) is 4.28. The van der Waals surface area contributed by atoms with Crippen LogP contribution in [0.15, 0.2) is 30.7 Å². The topological polar surface area (TPSA) is 60.2 Å². The van der Waals surface area contributed by atoms with Crippen molar-refractivity contribution in [2.75, 3.05) is 6.54 Å². The highest BCUT2D eigenvalue weighted by molar-refractivity contribution is 6.30. The SMILES string of the molecule is CC(C)(C)OC(=O)N1CCC[C@H]1Cn1cc(-c2ccc(Cl)cn2)cn1. The van der Waals surface area contributed by atoms with Crippen LogP contribution >= 0.6 is 11.6 Å². The first-order valence-electron chi connectivity index (χ1n) is 8.46. The van der Waals surface area contributed by atoms with Gasteiger partial charge in [0.15, 0.2) is 0 Å². The molecule has 1 saturated heterocycles. The van der Waals surface area contributed by atoms with Crippen LogP contribution in [0.4, 0.5) is 4.79 Å². The van der Waals surface area contributed by atoms with E-state index < -0.39 is 5.60 Å². The Morgan fingerprint density at radius 3 is 2.84 bits per heavy atom. The molecule has 1 aliphatic rings. The third kappa shape index (κ3) is 4.51. The number of aromatic nitrogens is 3. The molecule has 0 saturated carbocycles. The average Bonchev–Trinajstić information content (AvgIpc) is 3.16. The van der Waals surface area contributed by atoms with Crippen LogP contribution in [0.3, 0.4) is 0 Å². The molecule has 1 fully saturated rings. The Hall–Kier alpha value is -2.08. The van der Waals surface area contributed by atoms with Crippen molar-refractivity contribution >= 4 is 17.7 Å². The van der Waals surface area contributed by atoms with Crippen LogP contribution in [0.25, 0.3) is 11.3 Å². The molecule has 0 N–H and O–H groups in total. The van der Waals surface area contributed by atoms with Gasteiger partial charge >= 0.3 is 6.09 Å². The second-order valence-corrected chi connectivity index (χ2v) is 7.72. The summed E-state index contributed by atoms with van der Waals surface area (Å²) in [5, 5.41) is 5.02. The quantitative estimate of drug-likeness (QED) is 0.828. The summed E-state index contributed by atoms with van der Waals surface area (Å²) in [4.78, 5) is 18.5. The molecular weight excluding hydrogens is 340 g/mol. The molecule has 0 bridgehead atoms. The molecule has 7 heteroatoms. The Labute approximate surface area is 152 Å². The van der Waals surface area contributed by atoms with Gasteiger partial charge in [0.1, 0.15) is 5.60 Å². The van der Waals surface area contributed by atoms with E-state index in [1.54, 1.807) is 12.4 Å². The van der Waals surface area contributed by atoms with Crippen LogP contribution in [-0.4, -0.2) is 43.9 Å². The molecule has 3 heterocycles. The molecule has 3 rings (SSSR count). The van der Waals surface area contributed by atoms with E-state index in [9.17, 15) is 4.79 Å². The van der Waals surface area contributed by atoms with Crippen LogP contribution in [0.2, 0.25) is 5.02 Å². The molecule has 0 radical (unpaired) electrons. The number of amides is 1. The van der Waals surface area contributed by atoms with Gasteiger partial charge in [-0.2, -0.15) is 5.10 Å².